The van der Waals surface area contributed by atoms with Crippen LogP contribution in [0.15, 0.2) is 24.3 Å². The number of esters is 1. The second kappa shape index (κ2) is 12.8. The topological polar surface area (TPSA) is 106 Å². The highest BCUT2D eigenvalue weighted by Crippen LogP contribution is 2.09. The summed E-state index contributed by atoms with van der Waals surface area (Å²) in [5.74, 6) is -0.984. The summed E-state index contributed by atoms with van der Waals surface area (Å²) in [5, 5.41) is 8.24. The number of rotatable bonds is 10. The van der Waals surface area contributed by atoms with Crippen molar-refractivity contribution in [2.45, 2.75) is 26.2 Å². The molecule has 0 aliphatic rings. The van der Waals surface area contributed by atoms with Gasteiger partial charge in [0.05, 0.1) is 13.0 Å². The SMILES string of the molecule is CCOC(=O)CCC(=O)NC(=S)Nc1ccc(C(=O)NCCCOC)cc1. The van der Waals surface area contributed by atoms with Crippen molar-refractivity contribution in [2.75, 3.05) is 32.2 Å². The molecule has 27 heavy (non-hydrogen) atoms. The minimum atomic E-state index is -0.428. The third-order valence-electron chi connectivity index (χ3n) is 3.33. The summed E-state index contributed by atoms with van der Waals surface area (Å²) < 4.78 is 9.68. The molecule has 0 saturated carbocycles. The summed E-state index contributed by atoms with van der Waals surface area (Å²) in [5.41, 5.74) is 1.14. The van der Waals surface area contributed by atoms with Crippen LogP contribution in [0.3, 0.4) is 0 Å². The van der Waals surface area contributed by atoms with Crippen LogP contribution in [-0.2, 0) is 19.1 Å². The zero-order chi connectivity index (χ0) is 20.1. The average molecular weight is 395 g/mol. The molecule has 8 nitrogen and oxygen atoms in total. The van der Waals surface area contributed by atoms with Crippen molar-refractivity contribution in [2.24, 2.45) is 0 Å². The fourth-order valence-electron chi connectivity index (χ4n) is 2.03. The first-order valence-corrected chi connectivity index (χ1v) is 9.00. The Bertz CT molecular complexity index is 649. The van der Waals surface area contributed by atoms with Gasteiger partial charge in [0.2, 0.25) is 5.91 Å². The smallest absolute Gasteiger partial charge is 0.306 e. The maximum absolute atomic E-state index is 12.0. The van der Waals surface area contributed by atoms with E-state index >= 15 is 0 Å². The third-order valence-corrected chi connectivity index (χ3v) is 3.53. The molecule has 0 radical (unpaired) electrons. The molecule has 0 saturated heterocycles. The molecule has 148 valence electrons. The molecule has 9 heteroatoms. The van der Waals surface area contributed by atoms with Gasteiger partial charge in [-0.1, -0.05) is 0 Å². The Kier molecular flexibility index (Phi) is 10.7. The lowest BCUT2D eigenvalue weighted by molar-refractivity contribution is -0.144. The van der Waals surface area contributed by atoms with Crippen LogP contribution < -0.4 is 16.0 Å². The molecular weight excluding hydrogens is 370 g/mol. The summed E-state index contributed by atoms with van der Waals surface area (Å²) in [6.07, 6.45) is 0.728. The first-order chi connectivity index (χ1) is 13.0. The summed E-state index contributed by atoms with van der Waals surface area (Å²) in [4.78, 5) is 34.9. The van der Waals surface area contributed by atoms with Gasteiger partial charge in [0, 0.05) is 37.9 Å². The van der Waals surface area contributed by atoms with Crippen LogP contribution in [0.2, 0.25) is 0 Å². The normalized spacial score (nSPS) is 10.0. The third kappa shape index (κ3) is 9.66. The lowest BCUT2D eigenvalue weighted by Crippen LogP contribution is -2.34. The molecule has 1 aromatic carbocycles. The summed E-state index contributed by atoms with van der Waals surface area (Å²) >= 11 is 5.06. The Morgan fingerprint density at radius 2 is 1.81 bits per heavy atom. The van der Waals surface area contributed by atoms with Gasteiger partial charge >= 0.3 is 5.97 Å². The number of ether oxygens (including phenoxy) is 2. The molecule has 0 bridgehead atoms. The van der Waals surface area contributed by atoms with Crippen molar-refractivity contribution in [1.82, 2.24) is 10.6 Å². The number of benzene rings is 1. The zero-order valence-corrected chi connectivity index (χ0v) is 16.3. The van der Waals surface area contributed by atoms with E-state index in [1.807, 2.05) is 0 Å². The molecule has 0 fully saturated rings. The molecule has 3 N–H and O–H groups in total. The number of carbonyl (C=O) groups is 3. The van der Waals surface area contributed by atoms with Gasteiger partial charge in [-0.3, -0.25) is 14.4 Å². The molecular formula is C18H25N3O5S. The molecule has 0 heterocycles. The van der Waals surface area contributed by atoms with Gasteiger partial charge in [0.25, 0.3) is 5.91 Å². The van der Waals surface area contributed by atoms with E-state index in [9.17, 15) is 14.4 Å². The maximum atomic E-state index is 12.0. The van der Waals surface area contributed by atoms with Gasteiger partial charge in [-0.2, -0.15) is 0 Å². The first kappa shape index (κ1) is 22.5. The molecule has 2 amide bonds. The van der Waals surface area contributed by atoms with Crippen LogP contribution in [0.1, 0.15) is 36.5 Å². The number of nitrogens with one attached hydrogen (secondary N) is 3. The zero-order valence-electron chi connectivity index (χ0n) is 15.5. The van der Waals surface area contributed by atoms with E-state index in [0.29, 0.717) is 24.4 Å². The minimum absolute atomic E-state index is 0.00350. The van der Waals surface area contributed by atoms with Gasteiger partial charge in [0.15, 0.2) is 5.11 Å². The summed E-state index contributed by atoms with van der Waals surface area (Å²) in [6.45, 7) is 3.11. The van der Waals surface area contributed by atoms with Gasteiger partial charge in [0.1, 0.15) is 0 Å². The van der Waals surface area contributed by atoms with Crippen molar-refractivity contribution in [1.29, 1.82) is 0 Å². The molecule has 0 aliphatic heterocycles. The summed E-state index contributed by atoms with van der Waals surface area (Å²) in [6, 6.07) is 6.67. The number of methoxy groups -OCH3 is 1. The van der Waals surface area contributed by atoms with E-state index in [0.717, 1.165) is 6.42 Å². The van der Waals surface area contributed by atoms with Crippen molar-refractivity contribution >= 4 is 40.8 Å². The minimum Gasteiger partial charge on any atom is -0.466 e. The van der Waals surface area contributed by atoms with Crippen molar-refractivity contribution in [3.8, 4) is 0 Å². The molecule has 1 aromatic rings. The van der Waals surface area contributed by atoms with Crippen LogP contribution in [0.25, 0.3) is 0 Å². The largest absolute Gasteiger partial charge is 0.466 e. The van der Waals surface area contributed by atoms with Crippen LogP contribution in [0.4, 0.5) is 5.69 Å². The molecule has 0 aromatic heterocycles. The van der Waals surface area contributed by atoms with E-state index in [2.05, 4.69) is 16.0 Å². The van der Waals surface area contributed by atoms with Crippen LogP contribution in [-0.4, -0.2) is 49.8 Å². The van der Waals surface area contributed by atoms with Gasteiger partial charge in [-0.25, -0.2) is 0 Å². The number of hydrogen-bond donors (Lipinski definition) is 3. The number of amides is 2. The molecule has 1 rings (SSSR count). The number of carbonyl (C=O) groups excluding carboxylic acids is 3. The standard InChI is InChI=1S/C18H25N3O5S/c1-3-26-16(23)10-9-15(22)21-18(27)20-14-7-5-13(6-8-14)17(24)19-11-4-12-25-2/h5-8H,3-4,9-12H2,1-2H3,(H,19,24)(H2,20,21,22,27). The van der Waals surface area contributed by atoms with Gasteiger partial charge in [-0.15, -0.1) is 0 Å². The Balaban J connectivity index is 2.39. The number of hydrogen-bond acceptors (Lipinski definition) is 6. The van der Waals surface area contributed by atoms with Gasteiger partial charge in [-0.05, 0) is 49.8 Å². The number of thiocarbonyl (C=S) groups is 1. The van der Waals surface area contributed by atoms with Crippen molar-refractivity contribution < 1.29 is 23.9 Å². The highest BCUT2D eigenvalue weighted by molar-refractivity contribution is 7.80. The second-order valence-electron chi connectivity index (χ2n) is 5.49. The lowest BCUT2D eigenvalue weighted by atomic mass is 10.2. The van der Waals surface area contributed by atoms with Crippen LogP contribution in [0, 0.1) is 0 Å². The average Bonchev–Trinajstić information content (AvgIpc) is 2.64. The van der Waals surface area contributed by atoms with Crippen LogP contribution in [0.5, 0.6) is 0 Å². The van der Waals surface area contributed by atoms with E-state index in [-0.39, 0.29) is 36.4 Å². The first-order valence-electron chi connectivity index (χ1n) is 8.60. The molecule has 0 atom stereocenters. The molecule has 0 spiro atoms. The summed E-state index contributed by atoms with van der Waals surface area (Å²) in [7, 11) is 1.61. The van der Waals surface area contributed by atoms with E-state index < -0.39 is 5.97 Å². The van der Waals surface area contributed by atoms with Crippen molar-refractivity contribution in [3.63, 3.8) is 0 Å². The Labute approximate surface area is 164 Å². The van der Waals surface area contributed by atoms with Crippen LogP contribution >= 0.6 is 12.2 Å². The van der Waals surface area contributed by atoms with E-state index in [1.54, 1.807) is 38.3 Å². The number of anilines is 1. The fourth-order valence-corrected chi connectivity index (χ4v) is 2.26. The van der Waals surface area contributed by atoms with E-state index in [4.69, 9.17) is 21.7 Å². The predicted octanol–water partition coefficient (Wildman–Crippen LogP) is 1.61. The highest BCUT2D eigenvalue weighted by Gasteiger charge is 2.10. The second-order valence-corrected chi connectivity index (χ2v) is 5.90. The fraction of sp³-hybridized carbons (Fsp3) is 0.444. The van der Waals surface area contributed by atoms with Crippen molar-refractivity contribution in [3.05, 3.63) is 29.8 Å². The van der Waals surface area contributed by atoms with Gasteiger partial charge < -0.3 is 25.4 Å². The Morgan fingerprint density at radius 3 is 2.44 bits per heavy atom. The van der Waals surface area contributed by atoms with E-state index in [1.165, 1.54) is 0 Å². The molecule has 0 unspecified atom stereocenters. The maximum Gasteiger partial charge on any atom is 0.306 e. The molecule has 0 aliphatic carbocycles. The Hall–Kier alpha value is -2.52. The monoisotopic (exact) mass is 395 g/mol. The predicted molar refractivity (Wildman–Crippen MR) is 105 cm³/mol. The highest BCUT2D eigenvalue weighted by atomic mass is 32.1. The quantitative estimate of drug-likeness (QED) is 0.314. The lowest BCUT2D eigenvalue weighted by Gasteiger charge is -2.10. The Morgan fingerprint density at radius 1 is 1.11 bits per heavy atom.